The highest BCUT2D eigenvalue weighted by atomic mass is 35.5. The van der Waals surface area contributed by atoms with Crippen molar-refractivity contribution in [2.75, 3.05) is 40.3 Å². The van der Waals surface area contributed by atoms with E-state index in [-0.39, 0.29) is 12.4 Å². The standard InChI is InChI=1S/C9H24N3.ClH/c1-5-7-11(6-2)8-9-12(3,4)10;/h5-10H2,1-4H3;1H/q+1;/p-1. The molecular weight excluding hydrogens is 186 g/mol. The van der Waals surface area contributed by atoms with E-state index >= 15 is 0 Å². The molecule has 0 unspecified atom stereocenters. The van der Waals surface area contributed by atoms with Crippen LogP contribution in [0.1, 0.15) is 20.3 Å². The predicted octanol–water partition coefficient (Wildman–Crippen LogP) is -2.33. The molecule has 0 heterocycles. The first-order valence-corrected chi connectivity index (χ1v) is 4.83. The summed E-state index contributed by atoms with van der Waals surface area (Å²) in [6.45, 7) is 8.86. The molecule has 0 aromatic rings. The van der Waals surface area contributed by atoms with Gasteiger partial charge in [-0.3, -0.25) is 9.49 Å². The van der Waals surface area contributed by atoms with E-state index in [1.807, 2.05) is 14.1 Å². The summed E-state index contributed by atoms with van der Waals surface area (Å²) in [4.78, 5) is 2.44. The van der Waals surface area contributed by atoms with E-state index in [1.54, 1.807) is 0 Å². The number of quaternary nitrogens is 1. The predicted molar refractivity (Wildman–Crippen MR) is 53.6 cm³/mol. The summed E-state index contributed by atoms with van der Waals surface area (Å²) in [6.07, 6.45) is 1.23. The van der Waals surface area contributed by atoms with Crippen molar-refractivity contribution < 1.29 is 17.0 Å². The van der Waals surface area contributed by atoms with Crippen LogP contribution < -0.4 is 18.2 Å². The van der Waals surface area contributed by atoms with E-state index in [2.05, 4.69) is 18.7 Å². The van der Waals surface area contributed by atoms with Gasteiger partial charge in [0.05, 0.1) is 14.1 Å². The summed E-state index contributed by atoms with van der Waals surface area (Å²) in [6, 6.07) is 0. The molecule has 0 bridgehead atoms. The molecule has 0 atom stereocenters. The molecule has 0 amide bonds. The fourth-order valence-corrected chi connectivity index (χ4v) is 1.14. The van der Waals surface area contributed by atoms with Crippen molar-refractivity contribution in [1.29, 1.82) is 0 Å². The number of hydrogen-bond acceptors (Lipinski definition) is 2. The highest BCUT2D eigenvalue weighted by Gasteiger charge is 2.10. The molecule has 0 rings (SSSR count). The molecule has 0 fully saturated rings. The highest BCUT2D eigenvalue weighted by molar-refractivity contribution is 4.52. The first-order valence-electron chi connectivity index (χ1n) is 4.83. The van der Waals surface area contributed by atoms with Crippen molar-refractivity contribution in [3.8, 4) is 0 Å². The van der Waals surface area contributed by atoms with Crippen LogP contribution >= 0.6 is 0 Å². The number of likely N-dealkylation sites (N-methyl/N-ethyl adjacent to an activating group) is 2. The fraction of sp³-hybridized carbons (Fsp3) is 1.00. The highest BCUT2D eigenvalue weighted by Crippen LogP contribution is 1.93. The number of rotatable bonds is 6. The zero-order chi connectivity index (χ0) is 9.61. The average molecular weight is 210 g/mol. The van der Waals surface area contributed by atoms with Gasteiger partial charge in [0.2, 0.25) is 0 Å². The minimum Gasteiger partial charge on any atom is -1.00 e. The normalized spacial score (nSPS) is 11.5. The maximum atomic E-state index is 5.85. The molecule has 82 valence electrons. The van der Waals surface area contributed by atoms with Crippen LogP contribution in [-0.2, 0) is 0 Å². The Morgan fingerprint density at radius 3 is 2.00 bits per heavy atom. The van der Waals surface area contributed by atoms with Gasteiger partial charge in [0, 0.05) is 6.54 Å². The van der Waals surface area contributed by atoms with Gasteiger partial charge in [0.25, 0.3) is 0 Å². The van der Waals surface area contributed by atoms with Crippen LogP contribution in [-0.4, -0.2) is 49.8 Å². The van der Waals surface area contributed by atoms with Crippen LogP contribution in [0.2, 0.25) is 0 Å². The maximum Gasteiger partial charge on any atom is 0.108 e. The molecule has 2 N–H and O–H groups in total. The van der Waals surface area contributed by atoms with Crippen molar-refractivity contribution in [1.82, 2.24) is 4.90 Å². The number of halogens is 1. The summed E-state index contributed by atoms with van der Waals surface area (Å²) >= 11 is 0. The first kappa shape index (κ1) is 15.6. The largest absolute Gasteiger partial charge is 1.00 e. The lowest BCUT2D eigenvalue weighted by Crippen LogP contribution is -3.00. The lowest BCUT2D eigenvalue weighted by atomic mass is 10.4. The Kier molecular flexibility index (Phi) is 9.09. The van der Waals surface area contributed by atoms with Crippen molar-refractivity contribution in [2.24, 2.45) is 5.84 Å². The second-order valence-electron chi connectivity index (χ2n) is 3.94. The Hall–Kier alpha value is 0.170. The van der Waals surface area contributed by atoms with Gasteiger partial charge in [-0.25, -0.2) is 0 Å². The maximum absolute atomic E-state index is 5.85. The number of nitrogens with two attached hydrogens (primary N) is 1. The minimum atomic E-state index is 0. The molecule has 0 aliphatic rings. The molecular formula is C9H24ClN3. The zero-order valence-electron chi connectivity index (χ0n) is 9.39. The van der Waals surface area contributed by atoms with Crippen molar-refractivity contribution in [3.05, 3.63) is 0 Å². The zero-order valence-corrected chi connectivity index (χ0v) is 10.1. The van der Waals surface area contributed by atoms with E-state index in [1.165, 1.54) is 13.0 Å². The molecule has 3 nitrogen and oxygen atoms in total. The van der Waals surface area contributed by atoms with E-state index < -0.39 is 0 Å². The van der Waals surface area contributed by atoms with Gasteiger partial charge in [0.15, 0.2) is 0 Å². The molecule has 0 aliphatic heterocycles. The number of nitrogens with zero attached hydrogens (tertiary/aromatic N) is 2. The molecule has 13 heavy (non-hydrogen) atoms. The summed E-state index contributed by atoms with van der Waals surface area (Å²) in [5, 5.41) is 0. The second-order valence-corrected chi connectivity index (χ2v) is 3.94. The quantitative estimate of drug-likeness (QED) is 0.302. The Morgan fingerprint density at radius 2 is 1.69 bits per heavy atom. The topological polar surface area (TPSA) is 29.3 Å². The van der Waals surface area contributed by atoms with Gasteiger partial charge in [0.1, 0.15) is 6.54 Å². The smallest absolute Gasteiger partial charge is 0.108 e. The van der Waals surface area contributed by atoms with Crippen LogP contribution in [0, 0.1) is 0 Å². The molecule has 0 aliphatic carbocycles. The monoisotopic (exact) mass is 209 g/mol. The second kappa shape index (κ2) is 7.56. The van der Waals surface area contributed by atoms with Gasteiger partial charge in [-0.2, -0.15) is 5.84 Å². The summed E-state index contributed by atoms with van der Waals surface area (Å²) in [5.41, 5.74) is 0. The molecule has 0 aromatic carbocycles. The van der Waals surface area contributed by atoms with Gasteiger partial charge < -0.3 is 12.4 Å². The molecule has 4 heteroatoms. The Morgan fingerprint density at radius 1 is 1.15 bits per heavy atom. The van der Waals surface area contributed by atoms with Crippen LogP contribution in [0.15, 0.2) is 0 Å². The van der Waals surface area contributed by atoms with Crippen LogP contribution in [0.4, 0.5) is 0 Å². The van der Waals surface area contributed by atoms with Gasteiger partial charge in [-0.15, -0.1) is 0 Å². The molecule has 0 radical (unpaired) electrons. The Labute approximate surface area is 88.9 Å². The third-order valence-electron chi connectivity index (χ3n) is 1.98. The fourth-order valence-electron chi connectivity index (χ4n) is 1.14. The molecule has 0 aromatic heterocycles. The van der Waals surface area contributed by atoms with Gasteiger partial charge >= 0.3 is 0 Å². The molecule has 0 saturated carbocycles. The van der Waals surface area contributed by atoms with E-state index in [0.717, 1.165) is 19.6 Å². The SMILES string of the molecule is CCCN(CC)CC[N+](C)(C)N.[Cl-]. The van der Waals surface area contributed by atoms with Gasteiger partial charge in [-0.05, 0) is 19.5 Å². The van der Waals surface area contributed by atoms with E-state index in [9.17, 15) is 0 Å². The first-order chi connectivity index (χ1) is 5.49. The third kappa shape index (κ3) is 10.1. The Bertz CT molecular complexity index is 112. The lowest BCUT2D eigenvalue weighted by Gasteiger charge is -2.26. The average Bonchev–Trinajstić information content (AvgIpc) is 1.96. The van der Waals surface area contributed by atoms with Crippen molar-refractivity contribution >= 4 is 0 Å². The Balaban J connectivity index is 0. The van der Waals surface area contributed by atoms with Crippen molar-refractivity contribution in [3.63, 3.8) is 0 Å². The van der Waals surface area contributed by atoms with Crippen LogP contribution in [0.5, 0.6) is 0 Å². The van der Waals surface area contributed by atoms with E-state index in [4.69, 9.17) is 5.84 Å². The van der Waals surface area contributed by atoms with Crippen molar-refractivity contribution in [2.45, 2.75) is 20.3 Å². The van der Waals surface area contributed by atoms with E-state index in [0.29, 0.717) is 4.59 Å². The third-order valence-corrected chi connectivity index (χ3v) is 1.98. The summed E-state index contributed by atoms with van der Waals surface area (Å²) in [7, 11) is 4.06. The molecule has 0 saturated heterocycles. The minimum absolute atomic E-state index is 0. The summed E-state index contributed by atoms with van der Waals surface area (Å²) < 4.78 is 0.570. The summed E-state index contributed by atoms with van der Waals surface area (Å²) in [5.74, 6) is 5.85. The lowest BCUT2D eigenvalue weighted by molar-refractivity contribution is -0.901. The van der Waals surface area contributed by atoms with Gasteiger partial charge in [-0.1, -0.05) is 13.8 Å². The van der Waals surface area contributed by atoms with Crippen LogP contribution in [0.3, 0.4) is 0 Å². The molecule has 0 spiro atoms. The van der Waals surface area contributed by atoms with Crippen LogP contribution in [0.25, 0.3) is 0 Å². The number of hydrogen-bond donors (Lipinski definition) is 1.